The maximum Gasteiger partial charge on any atom is 0.307 e. The fourth-order valence-corrected chi connectivity index (χ4v) is 3.75. The van der Waals surface area contributed by atoms with Gasteiger partial charge in [0.25, 0.3) is 5.91 Å². The normalized spacial score (nSPS) is 14.9. The smallest absolute Gasteiger partial charge is 0.307 e. The molecule has 0 radical (unpaired) electrons. The van der Waals surface area contributed by atoms with Crippen molar-refractivity contribution in [1.29, 1.82) is 0 Å². The van der Waals surface area contributed by atoms with Crippen LogP contribution < -0.4 is 10.2 Å². The first-order valence-corrected chi connectivity index (χ1v) is 10.7. The van der Waals surface area contributed by atoms with Crippen molar-refractivity contribution in [1.82, 2.24) is 0 Å². The van der Waals surface area contributed by atoms with E-state index in [0.29, 0.717) is 11.4 Å². The summed E-state index contributed by atoms with van der Waals surface area (Å²) in [6.45, 7) is 4.76. The number of morpholine rings is 1. The number of anilines is 2. The maximum absolute atomic E-state index is 12.3. The highest BCUT2D eigenvalue weighted by Gasteiger charge is 2.18. The van der Waals surface area contributed by atoms with E-state index in [1.54, 1.807) is 18.7 Å². The number of rotatable bonds is 8. The molecule has 0 aliphatic carbocycles. The standard InChI is InChI=1S/C22H26N2O4S/c1-17(28-21(25)11-16-29-20-5-3-2-4-6-20)22(26)23-18-7-9-19(10-8-18)24-12-14-27-15-13-24/h2-10,17H,11-16H2,1H3,(H,23,26)/t17-/m0/s1. The Hall–Kier alpha value is -2.51. The van der Waals surface area contributed by atoms with E-state index in [0.717, 1.165) is 36.9 Å². The Bertz CT molecular complexity index is 792. The lowest BCUT2D eigenvalue weighted by Gasteiger charge is -2.28. The third-order valence-electron chi connectivity index (χ3n) is 4.51. The van der Waals surface area contributed by atoms with E-state index in [9.17, 15) is 9.59 Å². The number of carbonyl (C=O) groups excluding carboxylic acids is 2. The van der Waals surface area contributed by atoms with Gasteiger partial charge in [-0.3, -0.25) is 9.59 Å². The fourth-order valence-electron chi connectivity index (χ4n) is 2.90. The Balaban J connectivity index is 1.40. The Labute approximate surface area is 175 Å². The van der Waals surface area contributed by atoms with Crippen molar-refractivity contribution in [3.63, 3.8) is 0 Å². The molecule has 0 aromatic heterocycles. The summed E-state index contributed by atoms with van der Waals surface area (Å²) >= 11 is 1.59. The summed E-state index contributed by atoms with van der Waals surface area (Å²) in [7, 11) is 0. The third-order valence-corrected chi connectivity index (χ3v) is 5.52. The summed E-state index contributed by atoms with van der Waals surface area (Å²) in [6.07, 6.45) is -0.589. The van der Waals surface area contributed by atoms with Crippen molar-refractivity contribution in [2.24, 2.45) is 0 Å². The highest BCUT2D eigenvalue weighted by molar-refractivity contribution is 7.99. The number of thioether (sulfide) groups is 1. The Morgan fingerprint density at radius 2 is 1.79 bits per heavy atom. The average molecular weight is 415 g/mol. The van der Waals surface area contributed by atoms with Gasteiger partial charge in [-0.25, -0.2) is 0 Å². The molecule has 1 aliphatic rings. The minimum absolute atomic E-state index is 0.255. The lowest BCUT2D eigenvalue weighted by molar-refractivity contribution is -0.152. The SMILES string of the molecule is C[C@H](OC(=O)CCSc1ccccc1)C(=O)Nc1ccc(N2CCOCC2)cc1. The topological polar surface area (TPSA) is 67.9 Å². The van der Waals surface area contributed by atoms with Gasteiger partial charge in [0.1, 0.15) is 0 Å². The van der Waals surface area contributed by atoms with Gasteiger partial charge in [-0.15, -0.1) is 11.8 Å². The summed E-state index contributed by atoms with van der Waals surface area (Å²) in [5.41, 5.74) is 1.77. The van der Waals surface area contributed by atoms with E-state index < -0.39 is 6.10 Å². The van der Waals surface area contributed by atoms with Crippen LogP contribution in [0.1, 0.15) is 13.3 Å². The molecule has 154 valence electrons. The summed E-state index contributed by atoms with van der Waals surface area (Å²) in [5.74, 6) is -0.105. The first kappa shape index (κ1) is 21.2. The number of ether oxygens (including phenoxy) is 2. The number of nitrogens with zero attached hydrogens (tertiary/aromatic N) is 1. The van der Waals surface area contributed by atoms with E-state index in [1.165, 1.54) is 0 Å². The Kier molecular flexibility index (Phi) is 7.95. The van der Waals surface area contributed by atoms with Crippen molar-refractivity contribution in [2.75, 3.05) is 42.3 Å². The summed E-state index contributed by atoms with van der Waals surface area (Å²) < 4.78 is 10.6. The quantitative estimate of drug-likeness (QED) is 0.526. The number of nitrogens with one attached hydrogen (secondary N) is 1. The molecule has 2 aromatic rings. The van der Waals surface area contributed by atoms with Crippen molar-refractivity contribution in [3.8, 4) is 0 Å². The molecular weight excluding hydrogens is 388 g/mol. The first-order chi connectivity index (χ1) is 14.1. The number of esters is 1. The molecule has 0 saturated carbocycles. The minimum Gasteiger partial charge on any atom is -0.453 e. The molecule has 1 heterocycles. The second-order valence-electron chi connectivity index (χ2n) is 6.68. The van der Waals surface area contributed by atoms with Gasteiger partial charge in [0.2, 0.25) is 0 Å². The van der Waals surface area contributed by atoms with Crippen LogP contribution in [0, 0.1) is 0 Å². The molecule has 1 fully saturated rings. The predicted molar refractivity (Wildman–Crippen MR) is 115 cm³/mol. The predicted octanol–water partition coefficient (Wildman–Crippen LogP) is 3.58. The molecule has 0 unspecified atom stereocenters. The molecule has 1 N–H and O–H groups in total. The van der Waals surface area contributed by atoms with Gasteiger partial charge >= 0.3 is 5.97 Å². The molecule has 1 aliphatic heterocycles. The zero-order chi connectivity index (χ0) is 20.5. The average Bonchev–Trinajstić information content (AvgIpc) is 2.75. The van der Waals surface area contributed by atoms with E-state index in [1.807, 2.05) is 54.6 Å². The number of hydrogen-bond donors (Lipinski definition) is 1. The summed E-state index contributed by atoms with van der Waals surface area (Å²) in [4.78, 5) is 27.6. The van der Waals surface area contributed by atoms with Gasteiger partial charge in [0, 0.05) is 35.1 Å². The second-order valence-corrected chi connectivity index (χ2v) is 7.85. The van der Waals surface area contributed by atoms with Crippen LogP contribution in [0.2, 0.25) is 0 Å². The van der Waals surface area contributed by atoms with Crippen molar-refractivity contribution >= 4 is 35.0 Å². The van der Waals surface area contributed by atoms with Gasteiger partial charge in [-0.2, -0.15) is 0 Å². The van der Waals surface area contributed by atoms with Crippen LogP contribution in [-0.2, 0) is 19.1 Å². The first-order valence-electron chi connectivity index (χ1n) is 9.73. The number of amides is 1. The summed E-state index contributed by atoms with van der Waals surface area (Å²) in [6, 6.07) is 17.5. The zero-order valence-electron chi connectivity index (χ0n) is 16.5. The van der Waals surface area contributed by atoms with Crippen LogP contribution in [0.3, 0.4) is 0 Å². The fraction of sp³-hybridized carbons (Fsp3) is 0.364. The second kappa shape index (κ2) is 10.9. The molecule has 1 atom stereocenters. The molecule has 1 amide bonds. The van der Waals surface area contributed by atoms with Crippen LogP contribution >= 0.6 is 11.8 Å². The largest absolute Gasteiger partial charge is 0.453 e. The van der Waals surface area contributed by atoms with Crippen LogP contribution in [0.5, 0.6) is 0 Å². The Morgan fingerprint density at radius 1 is 1.10 bits per heavy atom. The third kappa shape index (κ3) is 6.80. The lowest BCUT2D eigenvalue weighted by Crippen LogP contribution is -2.36. The van der Waals surface area contributed by atoms with Crippen LogP contribution in [0.25, 0.3) is 0 Å². The molecular formula is C22H26N2O4S. The minimum atomic E-state index is -0.844. The van der Waals surface area contributed by atoms with Gasteiger partial charge < -0.3 is 19.7 Å². The van der Waals surface area contributed by atoms with Gasteiger partial charge in [-0.05, 0) is 43.3 Å². The van der Waals surface area contributed by atoms with Gasteiger partial charge in [0.05, 0.1) is 19.6 Å². The van der Waals surface area contributed by atoms with Crippen molar-refractivity contribution in [2.45, 2.75) is 24.3 Å². The maximum atomic E-state index is 12.3. The molecule has 6 nitrogen and oxygen atoms in total. The van der Waals surface area contributed by atoms with Crippen LogP contribution in [0.15, 0.2) is 59.5 Å². The van der Waals surface area contributed by atoms with E-state index >= 15 is 0 Å². The molecule has 0 spiro atoms. The lowest BCUT2D eigenvalue weighted by atomic mass is 10.2. The van der Waals surface area contributed by atoms with E-state index in [4.69, 9.17) is 9.47 Å². The molecule has 7 heteroatoms. The highest BCUT2D eigenvalue weighted by Crippen LogP contribution is 2.20. The van der Waals surface area contributed by atoms with Gasteiger partial charge in [-0.1, -0.05) is 18.2 Å². The van der Waals surface area contributed by atoms with Crippen LogP contribution in [-0.4, -0.2) is 50.0 Å². The van der Waals surface area contributed by atoms with E-state index in [2.05, 4.69) is 10.2 Å². The van der Waals surface area contributed by atoms with Crippen LogP contribution in [0.4, 0.5) is 11.4 Å². The summed E-state index contributed by atoms with van der Waals surface area (Å²) in [5, 5.41) is 2.79. The van der Waals surface area contributed by atoms with E-state index in [-0.39, 0.29) is 18.3 Å². The highest BCUT2D eigenvalue weighted by atomic mass is 32.2. The Morgan fingerprint density at radius 3 is 2.48 bits per heavy atom. The molecule has 0 bridgehead atoms. The number of carbonyl (C=O) groups is 2. The molecule has 1 saturated heterocycles. The van der Waals surface area contributed by atoms with Gasteiger partial charge in [0.15, 0.2) is 6.10 Å². The molecule has 3 rings (SSSR count). The molecule has 29 heavy (non-hydrogen) atoms. The molecule has 2 aromatic carbocycles. The van der Waals surface area contributed by atoms with Crippen molar-refractivity contribution < 1.29 is 19.1 Å². The zero-order valence-corrected chi connectivity index (χ0v) is 17.3. The number of benzene rings is 2. The monoisotopic (exact) mass is 414 g/mol. The van der Waals surface area contributed by atoms with Crippen molar-refractivity contribution in [3.05, 3.63) is 54.6 Å². The number of hydrogen-bond acceptors (Lipinski definition) is 6.